The number of hydrogen-bond donors (Lipinski definition) is 2. The zero-order valence-corrected chi connectivity index (χ0v) is 17.6. The molecule has 4 rings (SSSR count). The van der Waals surface area contributed by atoms with Gasteiger partial charge in [-0.2, -0.15) is 0 Å². The number of aromatic nitrogens is 1. The first kappa shape index (κ1) is 20.5. The van der Waals surface area contributed by atoms with Crippen LogP contribution >= 0.6 is 11.3 Å². The molecule has 0 spiro atoms. The molecule has 1 aromatic heterocycles. The number of amides is 2. The highest BCUT2D eigenvalue weighted by Crippen LogP contribution is 2.34. The summed E-state index contributed by atoms with van der Waals surface area (Å²) in [5, 5.41) is 7.64. The van der Waals surface area contributed by atoms with E-state index in [9.17, 15) is 9.59 Å². The van der Waals surface area contributed by atoms with Crippen LogP contribution in [0.4, 0.5) is 10.8 Å². The van der Waals surface area contributed by atoms with E-state index in [1.807, 2.05) is 0 Å². The van der Waals surface area contributed by atoms with Gasteiger partial charge in [0.05, 0.1) is 26.3 Å². The Morgan fingerprint density at radius 1 is 1.03 bits per heavy atom. The van der Waals surface area contributed by atoms with E-state index >= 15 is 0 Å². The molecular weight excluding hydrogens is 422 g/mol. The third-order valence-corrected chi connectivity index (χ3v) is 5.22. The molecule has 1 aliphatic rings. The van der Waals surface area contributed by atoms with Crippen molar-refractivity contribution in [3.05, 3.63) is 53.0 Å². The van der Waals surface area contributed by atoms with Crippen LogP contribution in [-0.4, -0.2) is 37.8 Å². The maximum atomic E-state index is 12.5. The number of methoxy groups -OCH3 is 2. The van der Waals surface area contributed by atoms with E-state index in [2.05, 4.69) is 15.6 Å². The Balaban J connectivity index is 1.36. The lowest BCUT2D eigenvalue weighted by Gasteiger charge is -2.09. The van der Waals surface area contributed by atoms with Gasteiger partial charge in [0.1, 0.15) is 0 Å². The fraction of sp³-hybridized carbons (Fsp3) is 0.190. The molecule has 0 saturated carbocycles. The average molecular weight is 441 g/mol. The third-order valence-electron chi connectivity index (χ3n) is 4.42. The van der Waals surface area contributed by atoms with Crippen molar-refractivity contribution in [2.45, 2.75) is 6.42 Å². The molecule has 0 saturated heterocycles. The Labute approximate surface area is 181 Å². The Hall–Kier alpha value is -3.79. The molecule has 0 atom stereocenters. The van der Waals surface area contributed by atoms with E-state index < -0.39 is 0 Å². The molecule has 3 aromatic rings. The number of benzene rings is 2. The number of carbonyl (C=O) groups excluding carboxylic acids is 2. The summed E-state index contributed by atoms with van der Waals surface area (Å²) in [5.41, 5.74) is 1.55. The standard InChI is InChI=1S/C21H19N3O6S/c1-27-15-5-3-12(7-17(15)28-2)20(26)24-21-23-14(10-31-21)9-19(25)22-13-4-6-16-18(8-13)30-11-29-16/h3-8,10H,9,11H2,1-2H3,(H,22,25)(H,23,24,26). The van der Waals surface area contributed by atoms with Crippen molar-refractivity contribution in [3.8, 4) is 23.0 Å². The molecule has 31 heavy (non-hydrogen) atoms. The minimum atomic E-state index is -0.341. The van der Waals surface area contributed by atoms with Gasteiger partial charge in [0.15, 0.2) is 28.1 Å². The summed E-state index contributed by atoms with van der Waals surface area (Å²) in [5.74, 6) is 1.65. The van der Waals surface area contributed by atoms with Crippen LogP contribution in [0, 0.1) is 0 Å². The largest absolute Gasteiger partial charge is 0.493 e. The van der Waals surface area contributed by atoms with E-state index in [-0.39, 0.29) is 25.0 Å². The van der Waals surface area contributed by atoms with Gasteiger partial charge >= 0.3 is 0 Å². The number of thiazole rings is 1. The van der Waals surface area contributed by atoms with Crippen molar-refractivity contribution >= 4 is 34.0 Å². The van der Waals surface area contributed by atoms with Gasteiger partial charge in [-0.25, -0.2) is 4.98 Å². The molecule has 1 aliphatic heterocycles. The number of ether oxygens (including phenoxy) is 4. The van der Waals surface area contributed by atoms with Gasteiger partial charge in [-0.05, 0) is 30.3 Å². The molecule has 9 nitrogen and oxygen atoms in total. The van der Waals surface area contributed by atoms with E-state index in [4.69, 9.17) is 18.9 Å². The average Bonchev–Trinajstić information content (AvgIpc) is 3.41. The molecule has 2 amide bonds. The second kappa shape index (κ2) is 8.92. The summed E-state index contributed by atoms with van der Waals surface area (Å²) in [6.45, 7) is 0.170. The first-order chi connectivity index (χ1) is 15.1. The van der Waals surface area contributed by atoms with Crippen molar-refractivity contribution in [1.82, 2.24) is 4.98 Å². The molecule has 0 unspecified atom stereocenters. The number of hydrogen-bond acceptors (Lipinski definition) is 8. The molecule has 0 bridgehead atoms. The number of nitrogens with one attached hydrogen (secondary N) is 2. The molecule has 10 heteroatoms. The predicted octanol–water partition coefficient (Wildman–Crippen LogP) is 3.32. The topological polar surface area (TPSA) is 108 Å². The molecular formula is C21H19N3O6S. The van der Waals surface area contributed by atoms with Crippen molar-refractivity contribution < 1.29 is 28.5 Å². The van der Waals surface area contributed by atoms with Crippen LogP contribution in [0.5, 0.6) is 23.0 Å². The smallest absolute Gasteiger partial charge is 0.257 e. The highest BCUT2D eigenvalue weighted by molar-refractivity contribution is 7.14. The van der Waals surface area contributed by atoms with Crippen LogP contribution < -0.4 is 29.6 Å². The van der Waals surface area contributed by atoms with Crippen LogP contribution in [-0.2, 0) is 11.2 Å². The van der Waals surface area contributed by atoms with Crippen molar-refractivity contribution in [2.75, 3.05) is 31.6 Å². The summed E-state index contributed by atoms with van der Waals surface area (Å²) < 4.78 is 21.0. The van der Waals surface area contributed by atoms with E-state index in [1.54, 1.807) is 41.8 Å². The Morgan fingerprint density at radius 3 is 2.65 bits per heavy atom. The maximum Gasteiger partial charge on any atom is 0.257 e. The minimum Gasteiger partial charge on any atom is -0.493 e. The molecule has 160 valence electrons. The summed E-state index contributed by atoms with van der Waals surface area (Å²) in [6, 6.07) is 10.0. The van der Waals surface area contributed by atoms with Gasteiger partial charge in [-0.3, -0.25) is 14.9 Å². The minimum absolute atomic E-state index is 0.0666. The molecule has 0 radical (unpaired) electrons. The lowest BCUT2D eigenvalue weighted by molar-refractivity contribution is -0.115. The highest BCUT2D eigenvalue weighted by atomic mass is 32.1. The Kier molecular flexibility index (Phi) is 5.89. The van der Waals surface area contributed by atoms with Gasteiger partial charge < -0.3 is 24.3 Å². The van der Waals surface area contributed by atoms with Crippen LogP contribution in [0.25, 0.3) is 0 Å². The fourth-order valence-corrected chi connectivity index (χ4v) is 3.64. The van der Waals surface area contributed by atoms with Crippen molar-refractivity contribution in [3.63, 3.8) is 0 Å². The summed E-state index contributed by atoms with van der Waals surface area (Å²) >= 11 is 1.24. The van der Waals surface area contributed by atoms with Crippen LogP contribution in [0.15, 0.2) is 41.8 Å². The van der Waals surface area contributed by atoms with Gasteiger partial charge in [-0.1, -0.05) is 0 Å². The zero-order valence-electron chi connectivity index (χ0n) is 16.8. The molecule has 0 aliphatic carbocycles. The van der Waals surface area contributed by atoms with Crippen LogP contribution in [0.3, 0.4) is 0 Å². The molecule has 0 fully saturated rings. The Bertz CT molecular complexity index is 1130. The van der Waals surface area contributed by atoms with Gasteiger partial charge in [0, 0.05) is 22.7 Å². The second-order valence-electron chi connectivity index (χ2n) is 6.46. The van der Waals surface area contributed by atoms with E-state index in [0.29, 0.717) is 45.1 Å². The first-order valence-electron chi connectivity index (χ1n) is 9.23. The maximum absolute atomic E-state index is 12.5. The third kappa shape index (κ3) is 4.69. The van der Waals surface area contributed by atoms with Crippen LogP contribution in [0.2, 0.25) is 0 Å². The van der Waals surface area contributed by atoms with Gasteiger partial charge in [0.2, 0.25) is 12.7 Å². The lowest BCUT2D eigenvalue weighted by atomic mass is 10.2. The number of carbonyl (C=O) groups is 2. The summed E-state index contributed by atoms with van der Waals surface area (Å²) in [7, 11) is 3.03. The summed E-state index contributed by atoms with van der Waals surface area (Å²) in [4.78, 5) is 29.2. The number of nitrogens with zero attached hydrogens (tertiary/aromatic N) is 1. The quantitative estimate of drug-likeness (QED) is 0.579. The number of rotatable bonds is 7. The van der Waals surface area contributed by atoms with Crippen molar-refractivity contribution in [1.29, 1.82) is 0 Å². The van der Waals surface area contributed by atoms with E-state index in [1.165, 1.54) is 25.6 Å². The fourth-order valence-electron chi connectivity index (χ4n) is 2.94. The van der Waals surface area contributed by atoms with Crippen molar-refractivity contribution in [2.24, 2.45) is 0 Å². The van der Waals surface area contributed by atoms with E-state index in [0.717, 1.165) is 0 Å². The van der Waals surface area contributed by atoms with Gasteiger partial charge in [0.25, 0.3) is 5.91 Å². The lowest BCUT2D eigenvalue weighted by Crippen LogP contribution is -2.15. The Morgan fingerprint density at radius 2 is 1.84 bits per heavy atom. The zero-order chi connectivity index (χ0) is 21.8. The number of anilines is 2. The molecule has 2 N–H and O–H groups in total. The second-order valence-corrected chi connectivity index (χ2v) is 7.32. The predicted molar refractivity (Wildman–Crippen MR) is 115 cm³/mol. The van der Waals surface area contributed by atoms with Crippen LogP contribution in [0.1, 0.15) is 16.1 Å². The first-order valence-corrected chi connectivity index (χ1v) is 10.1. The highest BCUT2D eigenvalue weighted by Gasteiger charge is 2.16. The number of fused-ring (bicyclic) bond motifs is 1. The normalized spacial score (nSPS) is 11.7. The molecule has 2 aromatic carbocycles. The van der Waals surface area contributed by atoms with Gasteiger partial charge in [-0.15, -0.1) is 11.3 Å². The monoisotopic (exact) mass is 441 g/mol. The molecule has 2 heterocycles. The summed E-state index contributed by atoms with van der Waals surface area (Å²) in [6.07, 6.45) is 0.0666. The SMILES string of the molecule is COc1ccc(C(=O)Nc2nc(CC(=O)Nc3ccc4c(c3)OCO4)cs2)cc1OC.